The maximum atomic E-state index is 11.9. The van der Waals surface area contributed by atoms with Crippen LogP contribution in [0.2, 0.25) is 0 Å². The Kier molecular flexibility index (Phi) is 6.70. The normalized spacial score (nSPS) is 19.4. The van der Waals surface area contributed by atoms with E-state index in [0.29, 0.717) is 12.5 Å². The number of nitrogens with one attached hydrogen (secondary N) is 2. The summed E-state index contributed by atoms with van der Waals surface area (Å²) < 4.78 is 0. The molecule has 1 amide bonds. The van der Waals surface area contributed by atoms with Crippen molar-refractivity contribution in [2.45, 2.75) is 38.8 Å². The second kappa shape index (κ2) is 8.80. The zero-order valence-corrected chi connectivity index (χ0v) is 13.0. The fourth-order valence-corrected chi connectivity index (χ4v) is 2.84. The Balaban J connectivity index is 1.74. The third-order valence-electron chi connectivity index (χ3n) is 3.90. The highest BCUT2D eigenvalue weighted by atomic mass is 16.1. The van der Waals surface area contributed by atoms with Crippen LogP contribution in [0.15, 0.2) is 30.3 Å². The Labute approximate surface area is 127 Å². The molecule has 1 aliphatic heterocycles. The van der Waals surface area contributed by atoms with Crippen molar-refractivity contribution in [2.24, 2.45) is 0 Å². The number of carbonyl (C=O) groups excluding carboxylic acids is 1. The summed E-state index contributed by atoms with van der Waals surface area (Å²) in [4.78, 5) is 14.3. The van der Waals surface area contributed by atoms with E-state index in [0.717, 1.165) is 45.6 Å². The number of piperidine rings is 1. The highest BCUT2D eigenvalue weighted by Gasteiger charge is 2.21. The van der Waals surface area contributed by atoms with Crippen molar-refractivity contribution < 1.29 is 4.79 Å². The van der Waals surface area contributed by atoms with Gasteiger partial charge >= 0.3 is 0 Å². The first-order valence-corrected chi connectivity index (χ1v) is 8.04. The predicted molar refractivity (Wildman–Crippen MR) is 86.0 cm³/mol. The topological polar surface area (TPSA) is 44.4 Å². The molecule has 0 aromatic heterocycles. The van der Waals surface area contributed by atoms with E-state index in [4.69, 9.17) is 0 Å². The largest absolute Gasteiger partial charge is 0.352 e. The second-order valence-electron chi connectivity index (χ2n) is 5.73. The number of benzene rings is 1. The van der Waals surface area contributed by atoms with Crippen molar-refractivity contribution in [1.82, 2.24) is 15.5 Å². The average molecular weight is 289 g/mol. The molecule has 0 spiro atoms. The van der Waals surface area contributed by atoms with Gasteiger partial charge in [-0.25, -0.2) is 0 Å². The maximum absolute atomic E-state index is 11.9. The van der Waals surface area contributed by atoms with Crippen molar-refractivity contribution in [3.63, 3.8) is 0 Å². The van der Waals surface area contributed by atoms with Gasteiger partial charge in [-0.05, 0) is 31.5 Å². The minimum absolute atomic E-state index is 0.169. The van der Waals surface area contributed by atoms with Crippen LogP contribution in [0.3, 0.4) is 0 Å². The van der Waals surface area contributed by atoms with Crippen LogP contribution in [0.4, 0.5) is 0 Å². The van der Waals surface area contributed by atoms with Crippen LogP contribution in [0.5, 0.6) is 0 Å². The molecular weight excluding hydrogens is 262 g/mol. The molecule has 0 aliphatic carbocycles. The molecule has 0 bridgehead atoms. The van der Waals surface area contributed by atoms with Gasteiger partial charge in [0.05, 0.1) is 0 Å². The lowest BCUT2D eigenvalue weighted by Crippen LogP contribution is -2.47. The first-order valence-electron chi connectivity index (χ1n) is 8.04. The van der Waals surface area contributed by atoms with Crippen molar-refractivity contribution >= 4 is 5.91 Å². The number of hydrogen-bond acceptors (Lipinski definition) is 3. The zero-order chi connectivity index (χ0) is 14.9. The molecule has 0 radical (unpaired) electrons. The van der Waals surface area contributed by atoms with Gasteiger partial charge in [-0.15, -0.1) is 0 Å². The van der Waals surface area contributed by atoms with Gasteiger partial charge in [-0.2, -0.15) is 0 Å². The van der Waals surface area contributed by atoms with Crippen molar-refractivity contribution in [3.8, 4) is 0 Å². The SMILES string of the molecule is CCNCCC(=O)NC1CCCN(Cc2ccccc2)C1. The highest BCUT2D eigenvalue weighted by molar-refractivity contribution is 5.76. The summed E-state index contributed by atoms with van der Waals surface area (Å²) in [7, 11) is 0. The predicted octanol–water partition coefficient (Wildman–Crippen LogP) is 1.77. The Morgan fingerprint density at radius 1 is 1.33 bits per heavy atom. The molecular formula is C17H27N3O. The molecule has 1 atom stereocenters. The third-order valence-corrected chi connectivity index (χ3v) is 3.90. The van der Waals surface area contributed by atoms with Gasteiger partial charge in [0.2, 0.25) is 5.91 Å². The lowest BCUT2D eigenvalue weighted by atomic mass is 10.0. The second-order valence-corrected chi connectivity index (χ2v) is 5.73. The van der Waals surface area contributed by atoms with Crippen LogP contribution in [0.1, 0.15) is 31.7 Å². The average Bonchev–Trinajstić information content (AvgIpc) is 2.49. The van der Waals surface area contributed by atoms with Gasteiger partial charge in [-0.3, -0.25) is 9.69 Å². The van der Waals surface area contributed by atoms with Gasteiger partial charge in [0, 0.05) is 32.1 Å². The van der Waals surface area contributed by atoms with E-state index in [1.165, 1.54) is 5.56 Å². The van der Waals surface area contributed by atoms with Gasteiger partial charge in [0.25, 0.3) is 0 Å². The molecule has 1 heterocycles. The van der Waals surface area contributed by atoms with Crippen LogP contribution >= 0.6 is 0 Å². The molecule has 1 aliphatic rings. The molecule has 1 aromatic rings. The molecule has 21 heavy (non-hydrogen) atoms. The lowest BCUT2D eigenvalue weighted by Gasteiger charge is -2.33. The molecule has 4 nitrogen and oxygen atoms in total. The van der Waals surface area contributed by atoms with Crippen LogP contribution in [-0.4, -0.2) is 43.0 Å². The number of likely N-dealkylation sites (tertiary alicyclic amines) is 1. The standard InChI is InChI=1S/C17H27N3O/c1-2-18-11-10-17(21)19-16-9-6-12-20(14-16)13-15-7-4-3-5-8-15/h3-5,7-8,16,18H,2,6,9-14H2,1H3,(H,19,21). The molecule has 4 heteroatoms. The number of carbonyl (C=O) groups is 1. The Morgan fingerprint density at radius 3 is 2.90 bits per heavy atom. The first-order chi connectivity index (χ1) is 10.3. The summed E-state index contributed by atoms with van der Waals surface area (Å²) in [6, 6.07) is 10.8. The molecule has 2 N–H and O–H groups in total. The van der Waals surface area contributed by atoms with Crippen molar-refractivity contribution in [3.05, 3.63) is 35.9 Å². The number of hydrogen-bond donors (Lipinski definition) is 2. The summed E-state index contributed by atoms with van der Waals surface area (Å²) in [5.41, 5.74) is 1.34. The van der Waals surface area contributed by atoms with E-state index in [1.54, 1.807) is 0 Å². The summed E-state index contributed by atoms with van der Waals surface area (Å²) >= 11 is 0. The summed E-state index contributed by atoms with van der Waals surface area (Å²) in [5, 5.41) is 6.36. The quantitative estimate of drug-likeness (QED) is 0.752. The van der Waals surface area contributed by atoms with Crippen LogP contribution in [0.25, 0.3) is 0 Å². The molecule has 1 aromatic carbocycles. The van der Waals surface area contributed by atoms with E-state index in [-0.39, 0.29) is 5.91 Å². The molecule has 2 rings (SSSR count). The Hall–Kier alpha value is -1.39. The summed E-state index contributed by atoms with van der Waals surface area (Å²) in [6.45, 7) is 6.80. The first kappa shape index (κ1) is 16.0. The molecule has 116 valence electrons. The van der Waals surface area contributed by atoms with E-state index in [1.807, 2.05) is 6.07 Å². The maximum Gasteiger partial charge on any atom is 0.221 e. The third kappa shape index (κ3) is 5.86. The van der Waals surface area contributed by atoms with Crippen LogP contribution in [0, 0.1) is 0 Å². The highest BCUT2D eigenvalue weighted by Crippen LogP contribution is 2.13. The lowest BCUT2D eigenvalue weighted by molar-refractivity contribution is -0.122. The van der Waals surface area contributed by atoms with E-state index in [9.17, 15) is 4.79 Å². The number of amides is 1. The fourth-order valence-electron chi connectivity index (χ4n) is 2.84. The fraction of sp³-hybridized carbons (Fsp3) is 0.588. The summed E-state index contributed by atoms with van der Waals surface area (Å²) in [6.07, 6.45) is 2.83. The smallest absolute Gasteiger partial charge is 0.221 e. The van der Waals surface area contributed by atoms with Crippen molar-refractivity contribution in [2.75, 3.05) is 26.2 Å². The number of nitrogens with zero attached hydrogens (tertiary/aromatic N) is 1. The van der Waals surface area contributed by atoms with Gasteiger partial charge in [0.15, 0.2) is 0 Å². The minimum atomic E-state index is 0.169. The van der Waals surface area contributed by atoms with Crippen LogP contribution < -0.4 is 10.6 Å². The Bertz CT molecular complexity index is 421. The molecule has 0 saturated carbocycles. The molecule has 1 fully saturated rings. The Morgan fingerprint density at radius 2 is 2.14 bits per heavy atom. The van der Waals surface area contributed by atoms with E-state index in [2.05, 4.69) is 46.7 Å². The van der Waals surface area contributed by atoms with E-state index < -0.39 is 0 Å². The molecule has 1 unspecified atom stereocenters. The van der Waals surface area contributed by atoms with Crippen LogP contribution in [-0.2, 0) is 11.3 Å². The van der Waals surface area contributed by atoms with Gasteiger partial charge < -0.3 is 10.6 Å². The monoisotopic (exact) mass is 289 g/mol. The molecule has 1 saturated heterocycles. The zero-order valence-electron chi connectivity index (χ0n) is 13.0. The minimum Gasteiger partial charge on any atom is -0.352 e. The van der Waals surface area contributed by atoms with Crippen molar-refractivity contribution in [1.29, 1.82) is 0 Å². The van der Waals surface area contributed by atoms with Gasteiger partial charge in [0.1, 0.15) is 0 Å². The summed E-state index contributed by atoms with van der Waals surface area (Å²) in [5.74, 6) is 0.169. The van der Waals surface area contributed by atoms with E-state index >= 15 is 0 Å². The number of rotatable bonds is 7. The van der Waals surface area contributed by atoms with Gasteiger partial charge in [-0.1, -0.05) is 37.3 Å².